The molecule has 0 bridgehead atoms. The number of likely N-dealkylation sites (tertiary alicyclic amines) is 1. The second-order valence-electron chi connectivity index (χ2n) is 11.4. The summed E-state index contributed by atoms with van der Waals surface area (Å²) in [4.78, 5) is 53.1. The lowest BCUT2D eigenvalue weighted by atomic mass is 9.80. The minimum atomic E-state index is -1.01. The first-order chi connectivity index (χ1) is 16.9. The minimum absolute atomic E-state index is 0.0388. The highest BCUT2D eigenvalue weighted by Crippen LogP contribution is 2.32. The molecule has 8 nitrogen and oxygen atoms in total. The standard InChI is InChI=1S/C27H44N4O4/c28-25(33)24(32)21(17-18-9-7-10-18)30-26(34)22-15-8-16-31(22)27(35)23(19-11-3-1-4-12-19)29-20-13-5-2-6-14-20/h18-23,29H,1-17H2,(H2,28,33)(H,30,34)/t21?,22?,23-/m0/s1. The third-order valence-electron chi connectivity index (χ3n) is 8.92. The van der Waals surface area contributed by atoms with Gasteiger partial charge in [-0.2, -0.15) is 0 Å². The highest BCUT2D eigenvalue weighted by molar-refractivity contribution is 6.37. The van der Waals surface area contributed by atoms with Gasteiger partial charge < -0.3 is 21.3 Å². The van der Waals surface area contributed by atoms with Crippen LogP contribution in [0.25, 0.3) is 0 Å². The fraction of sp³-hybridized carbons (Fsp3) is 0.852. The molecule has 1 heterocycles. The monoisotopic (exact) mass is 488 g/mol. The molecule has 8 heteroatoms. The van der Waals surface area contributed by atoms with Gasteiger partial charge in [0.25, 0.3) is 5.91 Å². The Balaban J connectivity index is 1.44. The molecule has 2 unspecified atom stereocenters. The number of rotatable bonds is 10. The van der Waals surface area contributed by atoms with E-state index in [2.05, 4.69) is 10.6 Å². The zero-order chi connectivity index (χ0) is 24.8. The Labute approximate surface area is 209 Å². The quantitative estimate of drug-likeness (QED) is 0.408. The van der Waals surface area contributed by atoms with E-state index in [9.17, 15) is 19.2 Å². The van der Waals surface area contributed by atoms with Crippen LogP contribution in [-0.4, -0.2) is 59.1 Å². The minimum Gasteiger partial charge on any atom is -0.363 e. The molecule has 0 aromatic carbocycles. The van der Waals surface area contributed by atoms with Crippen molar-refractivity contribution in [2.24, 2.45) is 17.6 Å². The number of primary amides is 1. The summed E-state index contributed by atoms with van der Waals surface area (Å²) >= 11 is 0. The van der Waals surface area contributed by atoms with Crippen molar-refractivity contribution in [2.75, 3.05) is 6.54 Å². The van der Waals surface area contributed by atoms with Crippen molar-refractivity contribution in [3.05, 3.63) is 0 Å². The number of hydrogen-bond donors (Lipinski definition) is 3. The maximum Gasteiger partial charge on any atom is 0.287 e. The van der Waals surface area contributed by atoms with Crippen LogP contribution in [0.5, 0.6) is 0 Å². The van der Waals surface area contributed by atoms with Gasteiger partial charge in [0.1, 0.15) is 6.04 Å². The van der Waals surface area contributed by atoms with Crippen molar-refractivity contribution < 1.29 is 19.2 Å². The summed E-state index contributed by atoms with van der Waals surface area (Å²) in [6.07, 6.45) is 16.4. The number of hydrogen-bond acceptors (Lipinski definition) is 5. The lowest BCUT2D eigenvalue weighted by molar-refractivity contribution is -0.143. The smallest absolute Gasteiger partial charge is 0.287 e. The molecule has 4 aliphatic rings. The molecule has 0 aromatic heterocycles. The van der Waals surface area contributed by atoms with Crippen LogP contribution in [0.1, 0.15) is 103 Å². The molecular weight excluding hydrogens is 444 g/mol. The van der Waals surface area contributed by atoms with Crippen molar-refractivity contribution in [2.45, 2.75) is 127 Å². The van der Waals surface area contributed by atoms with E-state index in [1.54, 1.807) is 4.90 Å². The fourth-order valence-electron chi connectivity index (χ4n) is 6.61. The Bertz CT molecular complexity index is 771. The first kappa shape index (κ1) is 26.1. The third kappa shape index (κ3) is 6.63. The number of carbonyl (C=O) groups is 4. The lowest BCUT2D eigenvalue weighted by Gasteiger charge is -2.38. The molecule has 0 radical (unpaired) electrons. The summed E-state index contributed by atoms with van der Waals surface area (Å²) in [5.74, 6) is -1.39. The molecule has 3 aliphatic carbocycles. The first-order valence-electron chi connectivity index (χ1n) is 14.1. The molecule has 196 valence electrons. The molecule has 4 rings (SSSR count). The van der Waals surface area contributed by atoms with Crippen LogP contribution in [0, 0.1) is 11.8 Å². The van der Waals surface area contributed by atoms with Gasteiger partial charge in [0, 0.05) is 12.6 Å². The van der Waals surface area contributed by atoms with Gasteiger partial charge in [-0.1, -0.05) is 57.8 Å². The molecule has 3 atom stereocenters. The second-order valence-corrected chi connectivity index (χ2v) is 11.4. The maximum atomic E-state index is 13.9. The zero-order valence-electron chi connectivity index (χ0n) is 21.1. The van der Waals surface area contributed by atoms with Gasteiger partial charge in [0.15, 0.2) is 0 Å². The summed E-state index contributed by atoms with van der Waals surface area (Å²) in [7, 11) is 0. The van der Waals surface area contributed by atoms with Gasteiger partial charge >= 0.3 is 0 Å². The van der Waals surface area contributed by atoms with Crippen LogP contribution in [0.3, 0.4) is 0 Å². The van der Waals surface area contributed by atoms with Crippen molar-refractivity contribution in [1.29, 1.82) is 0 Å². The van der Waals surface area contributed by atoms with E-state index in [4.69, 9.17) is 5.73 Å². The van der Waals surface area contributed by atoms with Gasteiger partial charge in [0.2, 0.25) is 17.6 Å². The van der Waals surface area contributed by atoms with Gasteiger partial charge in [-0.3, -0.25) is 19.2 Å². The van der Waals surface area contributed by atoms with E-state index in [0.717, 1.165) is 64.2 Å². The number of Topliss-reactive ketones (excluding diaryl/α,β-unsaturated/α-hetero) is 1. The van der Waals surface area contributed by atoms with Crippen molar-refractivity contribution >= 4 is 23.5 Å². The van der Waals surface area contributed by atoms with Crippen molar-refractivity contribution in [1.82, 2.24) is 15.5 Å². The molecule has 4 fully saturated rings. The van der Waals surface area contributed by atoms with Gasteiger partial charge in [-0.15, -0.1) is 0 Å². The highest BCUT2D eigenvalue weighted by Gasteiger charge is 2.42. The number of carbonyl (C=O) groups excluding carboxylic acids is 4. The average molecular weight is 489 g/mol. The summed E-state index contributed by atoms with van der Waals surface area (Å²) in [5.41, 5.74) is 5.28. The van der Waals surface area contributed by atoms with Crippen molar-refractivity contribution in [3.63, 3.8) is 0 Å². The molecular formula is C27H44N4O4. The Morgan fingerprint density at radius 3 is 2.06 bits per heavy atom. The maximum absolute atomic E-state index is 13.9. The number of nitrogens with zero attached hydrogens (tertiary/aromatic N) is 1. The molecule has 0 aromatic rings. The Kier molecular flexibility index (Phi) is 9.20. The van der Waals surface area contributed by atoms with E-state index in [-0.39, 0.29) is 17.9 Å². The van der Waals surface area contributed by atoms with Crippen LogP contribution >= 0.6 is 0 Å². The predicted octanol–water partition coefficient (Wildman–Crippen LogP) is 2.58. The molecule has 1 aliphatic heterocycles. The SMILES string of the molecule is NC(=O)C(=O)C(CC1CCC1)NC(=O)C1CCCN1C(=O)[C@@H](NC1CCCCC1)C1CCCCC1. The Hall–Kier alpha value is -1.96. The van der Waals surface area contributed by atoms with E-state index in [0.29, 0.717) is 37.3 Å². The number of nitrogens with two attached hydrogens (primary N) is 1. The first-order valence-corrected chi connectivity index (χ1v) is 14.1. The molecule has 4 N–H and O–H groups in total. The number of nitrogens with one attached hydrogen (secondary N) is 2. The highest BCUT2D eigenvalue weighted by atomic mass is 16.2. The van der Waals surface area contributed by atoms with Crippen LogP contribution in [0.2, 0.25) is 0 Å². The van der Waals surface area contributed by atoms with E-state index in [1.807, 2.05) is 0 Å². The molecule has 3 saturated carbocycles. The lowest BCUT2D eigenvalue weighted by Crippen LogP contribution is -2.58. The molecule has 0 spiro atoms. The van der Waals surface area contributed by atoms with Crippen LogP contribution in [0.4, 0.5) is 0 Å². The van der Waals surface area contributed by atoms with E-state index >= 15 is 0 Å². The number of ketones is 1. The van der Waals surface area contributed by atoms with Crippen LogP contribution < -0.4 is 16.4 Å². The Morgan fingerprint density at radius 1 is 0.800 bits per heavy atom. The summed E-state index contributed by atoms with van der Waals surface area (Å²) in [6, 6.07) is -1.36. The third-order valence-corrected chi connectivity index (χ3v) is 8.92. The summed E-state index contributed by atoms with van der Waals surface area (Å²) < 4.78 is 0. The van der Waals surface area contributed by atoms with Gasteiger partial charge in [0.05, 0.1) is 12.1 Å². The average Bonchev–Trinajstić information content (AvgIpc) is 3.34. The van der Waals surface area contributed by atoms with Gasteiger partial charge in [-0.25, -0.2) is 0 Å². The van der Waals surface area contributed by atoms with E-state index in [1.165, 1.54) is 25.7 Å². The van der Waals surface area contributed by atoms with E-state index < -0.39 is 23.8 Å². The normalized spacial score (nSPS) is 26.1. The van der Waals surface area contributed by atoms with Crippen LogP contribution in [-0.2, 0) is 19.2 Å². The summed E-state index contributed by atoms with van der Waals surface area (Å²) in [6.45, 7) is 0.559. The second kappa shape index (κ2) is 12.3. The number of amides is 3. The zero-order valence-corrected chi connectivity index (χ0v) is 21.1. The molecule has 3 amide bonds. The molecule has 1 saturated heterocycles. The Morgan fingerprint density at radius 2 is 1.46 bits per heavy atom. The van der Waals surface area contributed by atoms with Crippen LogP contribution in [0.15, 0.2) is 0 Å². The largest absolute Gasteiger partial charge is 0.363 e. The topological polar surface area (TPSA) is 122 Å². The summed E-state index contributed by atoms with van der Waals surface area (Å²) in [5, 5.41) is 6.56. The van der Waals surface area contributed by atoms with Gasteiger partial charge in [-0.05, 0) is 56.8 Å². The van der Waals surface area contributed by atoms with Crippen molar-refractivity contribution in [3.8, 4) is 0 Å². The predicted molar refractivity (Wildman–Crippen MR) is 133 cm³/mol. The molecule has 35 heavy (non-hydrogen) atoms. The fourth-order valence-corrected chi connectivity index (χ4v) is 6.61.